The maximum absolute atomic E-state index is 12.2. The van der Waals surface area contributed by atoms with Crippen LogP contribution in [0.4, 0.5) is 0 Å². The molecule has 56 heavy (non-hydrogen) atoms. The Morgan fingerprint density at radius 3 is 2.50 bits per heavy atom. The highest BCUT2D eigenvalue weighted by molar-refractivity contribution is 6.36. The molecule has 3 N–H and O–H groups in total. The molecule has 4 fully saturated rings. The number of hydrogen-bond acceptors (Lipinski definition) is 9. The number of benzene rings is 2. The predicted molar refractivity (Wildman–Crippen MR) is 214 cm³/mol. The molecule has 0 radical (unpaired) electrons. The summed E-state index contributed by atoms with van der Waals surface area (Å²) in [5.41, 5.74) is 6.72. The number of halogens is 2. The summed E-state index contributed by atoms with van der Waals surface area (Å²) in [6, 6.07) is 18.5. The summed E-state index contributed by atoms with van der Waals surface area (Å²) in [7, 11) is 1.61. The first-order valence-corrected chi connectivity index (χ1v) is 20.3. The fourth-order valence-corrected chi connectivity index (χ4v) is 9.58. The monoisotopic (exact) mass is 799 g/mol. The summed E-state index contributed by atoms with van der Waals surface area (Å²) in [5, 5.41) is 17.4. The minimum absolute atomic E-state index is 0.101. The summed E-state index contributed by atoms with van der Waals surface area (Å²) in [4.78, 5) is 35.7. The van der Waals surface area contributed by atoms with Crippen LogP contribution in [-0.4, -0.2) is 70.7 Å². The largest absolute Gasteiger partial charge is 0.481 e. The Morgan fingerprint density at radius 2 is 1.75 bits per heavy atom. The van der Waals surface area contributed by atoms with Gasteiger partial charge in [-0.15, -0.1) is 0 Å². The molecule has 5 heterocycles. The lowest BCUT2D eigenvalue weighted by molar-refractivity contribution is -0.160. The summed E-state index contributed by atoms with van der Waals surface area (Å²) >= 11 is 14.1. The highest BCUT2D eigenvalue weighted by Crippen LogP contribution is 2.47. The first-order valence-electron chi connectivity index (χ1n) is 19.6. The van der Waals surface area contributed by atoms with Crippen LogP contribution in [0.5, 0.6) is 17.6 Å². The van der Waals surface area contributed by atoms with Gasteiger partial charge < -0.3 is 30.0 Å². The number of amides is 1. The van der Waals surface area contributed by atoms with Gasteiger partial charge in [0, 0.05) is 66.9 Å². The predicted octanol–water partition coefficient (Wildman–Crippen LogP) is 7.79. The lowest BCUT2D eigenvalue weighted by Crippen LogP contribution is -2.56. The number of aliphatic carboxylic acids is 1. The lowest BCUT2D eigenvalue weighted by atomic mass is 9.67. The van der Waals surface area contributed by atoms with Crippen LogP contribution >= 0.6 is 23.2 Å². The van der Waals surface area contributed by atoms with Crippen LogP contribution in [0, 0.1) is 5.41 Å². The van der Waals surface area contributed by atoms with Crippen molar-refractivity contribution in [2.45, 2.75) is 89.6 Å². The van der Waals surface area contributed by atoms with E-state index in [4.69, 9.17) is 47.4 Å². The van der Waals surface area contributed by atoms with Gasteiger partial charge in [0.15, 0.2) is 0 Å². The van der Waals surface area contributed by atoms with Crippen LogP contribution < -0.4 is 24.8 Å². The lowest BCUT2D eigenvalue weighted by Gasteiger charge is -2.50. The summed E-state index contributed by atoms with van der Waals surface area (Å²) < 4.78 is 18.3. The Bertz CT molecular complexity index is 2140. The van der Waals surface area contributed by atoms with E-state index >= 15 is 0 Å². The molecule has 3 aliphatic heterocycles. The molecule has 0 spiro atoms. The van der Waals surface area contributed by atoms with Gasteiger partial charge in [-0.3, -0.25) is 14.5 Å². The highest BCUT2D eigenvalue weighted by atomic mass is 35.5. The number of piperidine rings is 2. The zero-order chi connectivity index (χ0) is 39.0. The Labute approximate surface area is 337 Å². The second-order valence-electron chi connectivity index (χ2n) is 15.4. The van der Waals surface area contributed by atoms with Crippen molar-refractivity contribution < 1.29 is 28.9 Å². The molecule has 2 atom stereocenters. The highest BCUT2D eigenvalue weighted by Gasteiger charge is 2.49. The quantitative estimate of drug-likeness (QED) is 0.116. The van der Waals surface area contributed by atoms with Gasteiger partial charge in [-0.05, 0) is 80.7 Å². The number of carboxylic acid groups (broad SMARTS) is 1. The van der Waals surface area contributed by atoms with E-state index in [2.05, 4.69) is 27.7 Å². The minimum Gasteiger partial charge on any atom is -0.481 e. The van der Waals surface area contributed by atoms with Gasteiger partial charge in [0.2, 0.25) is 23.5 Å². The van der Waals surface area contributed by atoms with E-state index in [1.54, 1.807) is 7.11 Å². The Balaban J connectivity index is 1.00. The molecule has 1 amide bonds. The van der Waals surface area contributed by atoms with Crippen molar-refractivity contribution in [2.24, 2.45) is 5.41 Å². The fourth-order valence-electron chi connectivity index (χ4n) is 9.04. The van der Waals surface area contributed by atoms with Gasteiger partial charge in [0.25, 0.3) is 0 Å². The summed E-state index contributed by atoms with van der Waals surface area (Å²) in [6.45, 7) is 4.61. The third-order valence-corrected chi connectivity index (χ3v) is 12.7. The van der Waals surface area contributed by atoms with Gasteiger partial charge in [0.05, 0.1) is 29.8 Å². The SMILES string of the molecule is CCOc1nc(O[C@H]2CCc3c(-c4cccc(-c5ccc(CNC[C@@H]6CCC(=O)N6)c(OC)n5)c4Cl)cccc32)c(Cl)cc1CN1CC2(C(=O)O)CCC1CC2. The number of carboxylic acids is 1. The van der Waals surface area contributed by atoms with Crippen LogP contribution in [0.3, 0.4) is 0 Å². The molecule has 11 nitrogen and oxygen atoms in total. The molecule has 1 saturated carbocycles. The van der Waals surface area contributed by atoms with E-state index in [1.807, 2.05) is 49.4 Å². The number of carbonyl (C=O) groups is 2. The minimum atomic E-state index is -0.707. The average molecular weight is 801 g/mol. The second kappa shape index (κ2) is 16.2. The standard InChI is InChI=1S/C43H47Cl2N5O6/c1-3-55-40-26(23-50-24-43(42(52)53)18-16-28(50)17-19-43)20-34(44)41(49-40)56-36-14-12-30-29(6-4-7-31(30)36)32-8-5-9-33(38(32)45)35-13-10-25(39(48-35)54-2)21-46-22-27-11-15-37(51)47-27/h4-10,13,20,27-28,36,46H,3,11-12,14-19,21-24H2,1-2H3,(H,47,51)(H,52,53)/t27-,28?,36-,43?/m0/s1. The van der Waals surface area contributed by atoms with Crippen molar-refractivity contribution in [1.29, 1.82) is 0 Å². The van der Waals surface area contributed by atoms with Gasteiger partial charge in [-0.2, -0.15) is 4.98 Å². The second-order valence-corrected chi connectivity index (χ2v) is 16.2. The van der Waals surface area contributed by atoms with Crippen molar-refractivity contribution in [3.05, 3.63) is 86.9 Å². The van der Waals surface area contributed by atoms with Gasteiger partial charge in [0.1, 0.15) is 11.1 Å². The summed E-state index contributed by atoms with van der Waals surface area (Å²) in [6.07, 6.45) is 5.84. The third-order valence-electron chi connectivity index (χ3n) is 12.0. The van der Waals surface area contributed by atoms with Crippen LogP contribution in [0.1, 0.15) is 80.2 Å². The Hall–Kier alpha value is -4.42. The number of rotatable bonds is 14. The van der Waals surface area contributed by atoms with Crippen molar-refractivity contribution in [3.8, 4) is 40.0 Å². The van der Waals surface area contributed by atoms with E-state index in [-0.39, 0.29) is 18.1 Å². The zero-order valence-corrected chi connectivity index (χ0v) is 33.2. The molecule has 294 valence electrons. The molecule has 2 bridgehead atoms. The van der Waals surface area contributed by atoms with E-state index in [9.17, 15) is 14.7 Å². The number of pyridine rings is 2. The molecule has 5 aliphatic rings. The van der Waals surface area contributed by atoms with Crippen molar-refractivity contribution in [1.82, 2.24) is 25.5 Å². The Kier molecular flexibility index (Phi) is 11.1. The zero-order valence-electron chi connectivity index (χ0n) is 31.7. The topological polar surface area (TPSA) is 135 Å². The number of ether oxygens (including phenoxy) is 3. The number of methoxy groups -OCH3 is 1. The molecule has 13 heteroatoms. The third kappa shape index (κ3) is 7.54. The van der Waals surface area contributed by atoms with E-state index in [0.29, 0.717) is 78.6 Å². The maximum atomic E-state index is 12.2. The van der Waals surface area contributed by atoms with Crippen molar-refractivity contribution in [2.75, 3.05) is 26.8 Å². The summed E-state index contributed by atoms with van der Waals surface area (Å²) in [5.74, 6) is 0.686. The number of hydrogen-bond donors (Lipinski definition) is 3. The first kappa shape index (κ1) is 38.5. The number of carbonyl (C=O) groups excluding carboxylic acids is 1. The number of nitrogens with one attached hydrogen (secondary N) is 2. The van der Waals surface area contributed by atoms with Gasteiger partial charge >= 0.3 is 5.97 Å². The Morgan fingerprint density at radius 1 is 0.964 bits per heavy atom. The van der Waals surface area contributed by atoms with Crippen LogP contribution in [0.2, 0.25) is 10.0 Å². The van der Waals surface area contributed by atoms with Crippen LogP contribution in [0.25, 0.3) is 22.4 Å². The average Bonchev–Trinajstić information content (AvgIpc) is 3.82. The van der Waals surface area contributed by atoms with Crippen LogP contribution in [-0.2, 0) is 29.1 Å². The van der Waals surface area contributed by atoms with Crippen molar-refractivity contribution in [3.63, 3.8) is 0 Å². The first-order chi connectivity index (χ1) is 27.2. The van der Waals surface area contributed by atoms with Crippen LogP contribution in [0.15, 0.2) is 54.6 Å². The van der Waals surface area contributed by atoms with Crippen molar-refractivity contribution >= 4 is 35.1 Å². The molecule has 0 unspecified atom stereocenters. The number of fused-ring (bicyclic) bond motifs is 4. The molecule has 2 aromatic heterocycles. The molecular formula is C43H47Cl2N5O6. The van der Waals surface area contributed by atoms with E-state index in [0.717, 1.165) is 83.9 Å². The number of aromatic nitrogens is 2. The van der Waals surface area contributed by atoms with E-state index in [1.165, 1.54) is 0 Å². The molecule has 2 aromatic carbocycles. The molecule has 4 aromatic rings. The molecule has 9 rings (SSSR count). The normalized spacial score (nSPS) is 22.9. The smallest absolute Gasteiger partial charge is 0.310 e. The maximum Gasteiger partial charge on any atom is 0.310 e. The molecular weight excluding hydrogens is 753 g/mol. The van der Waals surface area contributed by atoms with Gasteiger partial charge in [-0.25, -0.2) is 4.98 Å². The van der Waals surface area contributed by atoms with Gasteiger partial charge in [-0.1, -0.05) is 65.7 Å². The van der Waals surface area contributed by atoms with E-state index < -0.39 is 11.4 Å². The number of nitrogens with zero attached hydrogens (tertiary/aromatic N) is 3. The molecule has 3 saturated heterocycles. The molecule has 2 aliphatic carbocycles. The fraction of sp³-hybridized carbons (Fsp3) is 0.442.